The van der Waals surface area contributed by atoms with Crippen molar-refractivity contribution in [1.82, 2.24) is 0 Å². The van der Waals surface area contributed by atoms with Gasteiger partial charge in [-0.3, -0.25) is 4.79 Å². The lowest BCUT2D eigenvalue weighted by Crippen LogP contribution is -2.42. The first kappa shape index (κ1) is 12.3. The fraction of sp³-hybridized carbons (Fsp3) is 0.625. The molecule has 0 fully saturated rings. The molecule has 0 spiro atoms. The van der Waals surface area contributed by atoms with Gasteiger partial charge in [0.2, 0.25) is 0 Å². The van der Waals surface area contributed by atoms with Crippen LogP contribution >= 0.6 is 0 Å². The van der Waals surface area contributed by atoms with Gasteiger partial charge in [0.05, 0.1) is 6.26 Å². The maximum Gasteiger partial charge on any atom is 0.565 e. The molecule has 0 aliphatic carbocycles. The highest BCUT2D eigenvalue weighted by Gasteiger charge is 2.39. The van der Waals surface area contributed by atoms with Gasteiger partial charge in [-0.05, 0) is 0 Å². The molecule has 0 aromatic rings. The van der Waals surface area contributed by atoms with E-state index in [9.17, 15) is 4.79 Å². The molecule has 0 aliphatic rings. The Bertz CT molecular complexity index is 166. The topological polar surface area (TPSA) is 44.8 Å². The zero-order valence-corrected chi connectivity index (χ0v) is 9.28. The summed E-state index contributed by atoms with van der Waals surface area (Å²) in [6, 6.07) is 0.739. The van der Waals surface area contributed by atoms with Crippen LogP contribution in [0.15, 0.2) is 12.3 Å². The highest BCUT2D eigenvalue weighted by Crippen LogP contribution is 2.15. The van der Waals surface area contributed by atoms with E-state index in [-0.39, 0.29) is 0 Å². The van der Waals surface area contributed by atoms with Crippen LogP contribution in [-0.4, -0.2) is 29.3 Å². The van der Waals surface area contributed by atoms with Crippen molar-refractivity contribution in [2.45, 2.75) is 19.4 Å². The van der Waals surface area contributed by atoms with Gasteiger partial charge in [0, 0.05) is 26.3 Å². The van der Waals surface area contributed by atoms with Crippen molar-refractivity contribution >= 4 is 15.1 Å². The van der Waals surface area contributed by atoms with Crippen molar-refractivity contribution in [1.29, 1.82) is 0 Å². The first-order valence-corrected chi connectivity index (χ1v) is 6.06. The Morgan fingerprint density at radius 2 is 1.92 bits per heavy atom. The van der Waals surface area contributed by atoms with Crippen LogP contribution in [0.1, 0.15) is 13.3 Å². The third kappa shape index (κ3) is 4.21. The summed E-state index contributed by atoms with van der Waals surface area (Å²) < 4.78 is 15.7. The lowest BCUT2D eigenvalue weighted by Gasteiger charge is -2.24. The van der Waals surface area contributed by atoms with Crippen LogP contribution in [0.5, 0.6) is 0 Å². The van der Waals surface area contributed by atoms with E-state index in [1.54, 1.807) is 14.2 Å². The van der Waals surface area contributed by atoms with Gasteiger partial charge in [0.25, 0.3) is 0 Å². The third-order valence-electron chi connectivity index (χ3n) is 1.58. The Balaban J connectivity index is 4.19. The Morgan fingerprint density at radius 3 is 2.31 bits per heavy atom. The van der Waals surface area contributed by atoms with Crippen LogP contribution in [0.3, 0.4) is 0 Å². The van der Waals surface area contributed by atoms with Crippen molar-refractivity contribution < 1.29 is 18.1 Å². The highest BCUT2D eigenvalue weighted by molar-refractivity contribution is 6.60. The van der Waals surface area contributed by atoms with Crippen LogP contribution in [0, 0.1) is 0 Å². The van der Waals surface area contributed by atoms with E-state index < -0.39 is 8.80 Å². The van der Waals surface area contributed by atoms with Gasteiger partial charge in [0.1, 0.15) is 6.29 Å². The number of carbonyl (C=O) groups is 1. The summed E-state index contributed by atoms with van der Waals surface area (Å²) in [7, 11) is 0.585. The second-order valence-electron chi connectivity index (χ2n) is 2.42. The van der Waals surface area contributed by atoms with Crippen LogP contribution in [0.25, 0.3) is 0 Å². The SMILES string of the molecule is CCC[Si](OC)(OC)OC=CC=O. The molecule has 0 bridgehead atoms. The number of allylic oxidation sites excluding steroid dienone is 1. The van der Waals surface area contributed by atoms with Gasteiger partial charge < -0.3 is 13.3 Å². The molecular weight excluding hydrogens is 188 g/mol. The number of carbonyl (C=O) groups excluding carboxylic acids is 1. The predicted molar refractivity (Wildman–Crippen MR) is 51.2 cm³/mol. The van der Waals surface area contributed by atoms with Gasteiger partial charge in [-0.25, -0.2) is 0 Å². The van der Waals surface area contributed by atoms with E-state index in [0.29, 0.717) is 6.29 Å². The summed E-state index contributed by atoms with van der Waals surface area (Å²) in [5, 5.41) is 0. The standard InChI is InChI=1S/C8H16O4Si/c1-4-8-13(10-2,11-3)12-7-5-6-9/h5-7H,4,8H2,1-3H3. The third-order valence-corrected chi connectivity index (χ3v) is 4.43. The van der Waals surface area contributed by atoms with Gasteiger partial charge in [0.15, 0.2) is 0 Å². The van der Waals surface area contributed by atoms with Crippen molar-refractivity contribution in [3.05, 3.63) is 12.3 Å². The second-order valence-corrected chi connectivity index (χ2v) is 5.34. The molecule has 0 aliphatic heterocycles. The van der Waals surface area contributed by atoms with Crippen molar-refractivity contribution in [2.24, 2.45) is 0 Å². The molecule has 0 aromatic heterocycles. The molecule has 0 heterocycles. The van der Waals surface area contributed by atoms with Gasteiger partial charge in [-0.15, -0.1) is 0 Å². The van der Waals surface area contributed by atoms with Gasteiger partial charge in [-0.1, -0.05) is 13.3 Å². The Morgan fingerprint density at radius 1 is 1.31 bits per heavy atom. The minimum absolute atomic E-state index is 0.649. The molecule has 0 unspecified atom stereocenters. The summed E-state index contributed by atoms with van der Waals surface area (Å²) in [6.45, 7) is 2.02. The Hall–Kier alpha value is -0.653. The van der Waals surface area contributed by atoms with Gasteiger partial charge in [-0.2, -0.15) is 0 Å². The quantitative estimate of drug-likeness (QED) is 0.272. The minimum atomic E-state index is -2.53. The van der Waals surface area contributed by atoms with Crippen LogP contribution in [-0.2, 0) is 18.1 Å². The van der Waals surface area contributed by atoms with Crippen molar-refractivity contribution in [3.63, 3.8) is 0 Å². The van der Waals surface area contributed by atoms with E-state index in [1.807, 2.05) is 6.92 Å². The predicted octanol–water partition coefficient (Wildman–Crippen LogP) is 1.36. The van der Waals surface area contributed by atoms with Crippen LogP contribution in [0.4, 0.5) is 0 Å². The maximum atomic E-state index is 9.99. The largest absolute Gasteiger partial charge is 0.565 e. The van der Waals surface area contributed by atoms with Gasteiger partial charge >= 0.3 is 8.80 Å². The highest BCUT2D eigenvalue weighted by atomic mass is 28.4. The molecule has 4 nitrogen and oxygen atoms in total. The number of rotatable bonds is 7. The summed E-state index contributed by atoms with van der Waals surface area (Å²) in [6.07, 6.45) is 4.16. The molecule has 0 radical (unpaired) electrons. The molecule has 13 heavy (non-hydrogen) atoms. The molecule has 76 valence electrons. The van der Waals surface area contributed by atoms with Crippen molar-refractivity contribution in [3.8, 4) is 0 Å². The first-order valence-electron chi connectivity index (χ1n) is 4.13. The lowest BCUT2D eigenvalue weighted by atomic mass is 10.6. The normalized spacial score (nSPS) is 11.9. The first-order chi connectivity index (χ1) is 6.24. The molecule has 0 amide bonds. The molecule has 5 heteroatoms. The second kappa shape index (κ2) is 6.82. The number of aldehydes is 1. The fourth-order valence-electron chi connectivity index (χ4n) is 0.924. The smallest absolute Gasteiger partial charge is 0.507 e. The minimum Gasteiger partial charge on any atom is -0.507 e. The van der Waals surface area contributed by atoms with E-state index >= 15 is 0 Å². The van der Waals surface area contributed by atoms with E-state index in [1.165, 1.54) is 12.3 Å². The molecule has 0 atom stereocenters. The van der Waals surface area contributed by atoms with Crippen LogP contribution < -0.4 is 0 Å². The lowest BCUT2D eigenvalue weighted by molar-refractivity contribution is -0.104. The summed E-state index contributed by atoms with van der Waals surface area (Å²) in [5.41, 5.74) is 0. The summed E-state index contributed by atoms with van der Waals surface area (Å²) >= 11 is 0. The monoisotopic (exact) mass is 204 g/mol. The van der Waals surface area contributed by atoms with Crippen molar-refractivity contribution in [2.75, 3.05) is 14.2 Å². The summed E-state index contributed by atoms with van der Waals surface area (Å²) in [5.74, 6) is 0. The Kier molecular flexibility index (Phi) is 6.48. The Labute approximate surface area is 79.9 Å². The average Bonchev–Trinajstić information content (AvgIpc) is 2.17. The van der Waals surface area contributed by atoms with E-state index in [4.69, 9.17) is 13.3 Å². The molecule has 0 saturated heterocycles. The zero-order chi connectivity index (χ0) is 10.2. The van der Waals surface area contributed by atoms with E-state index in [2.05, 4.69) is 0 Å². The molecule has 0 rings (SSSR count). The zero-order valence-electron chi connectivity index (χ0n) is 8.28. The van der Waals surface area contributed by atoms with Crippen LogP contribution in [0.2, 0.25) is 6.04 Å². The van der Waals surface area contributed by atoms with E-state index in [0.717, 1.165) is 12.5 Å². The maximum absolute atomic E-state index is 9.99. The number of hydrogen-bond acceptors (Lipinski definition) is 4. The average molecular weight is 204 g/mol. The molecule has 0 aromatic carbocycles. The molecule has 0 N–H and O–H groups in total. The summed E-state index contributed by atoms with van der Waals surface area (Å²) in [4.78, 5) is 9.99. The number of hydrogen-bond donors (Lipinski definition) is 0. The molecular formula is C8H16O4Si. The molecule has 0 saturated carbocycles. The fourth-order valence-corrected chi connectivity index (χ4v) is 2.71.